The van der Waals surface area contributed by atoms with Gasteiger partial charge in [0.2, 0.25) is 0 Å². The van der Waals surface area contributed by atoms with Crippen molar-refractivity contribution < 1.29 is 13.2 Å². The van der Waals surface area contributed by atoms with Gasteiger partial charge >= 0.3 is 6.55 Å². The summed E-state index contributed by atoms with van der Waals surface area (Å²) in [4.78, 5) is 23.6. The Bertz CT molecular complexity index is 1490. The van der Waals surface area contributed by atoms with Gasteiger partial charge in [-0.05, 0) is 61.9 Å². The summed E-state index contributed by atoms with van der Waals surface area (Å²) in [6, 6.07) is 8.87. The molecule has 2 aliphatic rings. The average molecular weight is 512 g/mol. The van der Waals surface area contributed by atoms with E-state index in [0.717, 1.165) is 31.7 Å². The summed E-state index contributed by atoms with van der Waals surface area (Å²) < 4.78 is 43.5. The third-order valence-corrected chi connectivity index (χ3v) is 7.76. The molecule has 8 nitrogen and oxygen atoms in total. The highest BCUT2D eigenvalue weighted by molar-refractivity contribution is 5.75. The maximum Gasteiger partial charge on any atom is 0.321 e. The SMILES string of the molecule is C[C@H]1CCCN(Cc2cc3ncn(-c4cccc(C5(c6nncn6C(F)F)CC(F)C5)c4)c(=O)c3[nH]2)C1. The van der Waals surface area contributed by atoms with Crippen LogP contribution in [0.5, 0.6) is 0 Å². The molecule has 1 saturated heterocycles. The van der Waals surface area contributed by atoms with E-state index < -0.39 is 18.1 Å². The molecule has 0 bridgehead atoms. The van der Waals surface area contributed by atoms with Crippen molar-refractivity contribution in [2.24, 2.45) is 5.92 Å². The molecule has 6 rings (SSSR count). The smallest absolute Gasteiger partial charge is 0.321 e. The number of likely N-dealkylation sites (tertiary alicyclic amines) is 1. The van der Waals surface area contributed by atoms with Crippen molar-refractivity contribution in [2.75, 3.05) is 13.1 Å². The number of aromatic nitrogens is 6. The van der Waals surface area contributed by atoms with E-state index >= 15 is 0 Å². The molecule has 2 fully saturated rings. The maximum atomic E-state index is 14.2. The number of aromatic amines is 1. The number of hydrogen-bond acceptors (Lipinski definition) is 5. The first-order valence-corrected chi connectivity index (χ1v) is 12.6. The molecule has 1 saturated carbocycles. The summed E-state index contributed by atoms with van der Waals surface area (Å²) in [6.45, 7) is 2.21. The van der Waals surface area contributed by atoms with E-state index in [1.807, 2.05) is 6.07 Å². The van der Waals surface area contributed by atoms with Gasteiger partial charge < -0.3 is 4.98 Å². The minimum atomic E-state index is -2.84. The number of fused-ring (bicyclic) bond motifs is 1. The van der Waals surface area contributed by atoms with Crippen LogP contribution in [0.2, 0.25) is 0 Å². The fraction of sp³-hybridized carbons (Fsp3) is 0.462. The number of benzene rings is 1. The minimum absolute atomic E-state index is 0.0170. The Morgan fingerprint density at radius 1 is 1.22 bits per heavy atom. The van der Waals surface area contributed by atoms with Crippen LogP contribution in [0.1, 0.15) is 56.2 Å². The monoisotopic (exact) mass is 511 g/mol. The van der Waals surface area contributed by atoms with Crippen molar-refractivity contribution in [2.45, 2.75) is 57.3 Å². The average Bonchev–Trinajstić information content (AvgIpc) is 3.50. The third-order valence-electron chi connectivity index (χ3n) is 7.76. The third kappa shape index (κ3) is 4.14. The van der Waals surface area contributed by atoms with Gasteiger partial charge in [0.05, 0.1) is 16.6 Å². The van der Waals surface area contributed by atoms with E-state index in [0.29, 0.717) is 32.8 Å². The van der Waals surface area contributed by atoms with Crippen molar-refractivity contribution >= 4 is 11.0 Å². The second kappa shape index (κ2) is 9.13. The van der Waals surface area contributed by atoms with Crippen LogP contribution in [0, 0.1) is 5.92 Å². The normalized spacial score (nSPS) is 24.6. The summed E-state index contributed by atoms with van der Waals surface area (Å²) in [5, 5.41) is 7.59. The van der Waals surface area contributed by atoms with Gasteiger partial charge in [-0.2, -0.15) is 8.78 Å². The number of piperidine rings is 1. The molecule has 0 radical (unpaired) electrons. The lowest BCUT2D eigenvalue weighted by molar-refractivity contribution is 0.0492. The van der Waals surface area contributed by atoms with Crippen LogP contribution in [-0.4, -0.2) is 53.5 Å². The molecule has 3 aromatic heterocycles. The Morgan fingerprint density at radius 2 is 2.05 bits per heavy atom. The molecule has 194 valence electrons. The first-order chi connectivity index (χ1) is 17.8. The Balaban J connectivity index is 1.35. The number of halogens is 3. The maximum absolute atomic E-state index is 14.2. The zero-order valence-corrected chi connectivity index (χ0v) is 20.4. The van der Waals surface area contributed by atoms with Gasteiger partial charge in [-0.3, -0.25) is 18.8 Å². The lowest BCUT2D eigenvalue weighted by Crippen LogP contribution is -2.45. The molecule has 0 unspecified atom stereocenters. The predicted octanol–water partition coefficient (Wildman–Crippen LogP) is 4.35. The largest absolute Gasteiger partial charge is 0.351 e. The van der Waals surface area contributed by atoms with Crippen molar-refractivity contribution in [3.63, 3.8) is 0 Å². The predicted molar refractivity (Wildman–Crippen MR) is 132 cm³/mol. The van der Waals surface area contributed by atoms with E-state index in [4.69, 9.17) is 0 Å². The Hall–Kier alpha value is -3.47. The molecular formula is C26H28F3N7O. The number of nitrogens with one attached hydrogen (secondary N) is 1. The molecule has 4 aromatic rings. The van der Waals surface area contributed by atoms with Gasteiger partial charge in [-0.1, -0.05) is 19.1 Å². The molecule has 0 amide bonds. The molecule has 1 aliphatic carbocycles. The fourth-order valence-corrected chi connectivity index (χ4v) is 5.92. The van der Waals surface area contributed by atoms with Crippen LogP contribution < -0.4 is 5.56 Å². The number of rotatable bonds is 6. The van der Waals surface area contributed by atoms with E-state index in [1.165, 1.54) is 23.7 Å². The zero-order chi connectivity index (χ0) is 25.7. The van der Waals surface area contributed by atoms with Gasteiger partial charge in [0.1, 0.15) is 30.2 Å². The summed E-state index contributed by atoms with van der Waals surface area (Å²) in [5.74, 6) is 0.678. The molecule has 1 aromatic carbocycles. The zero-order valence-electron chi connectivity index (χ0n) is 20.4. The lowest BCUT2D eigenvalue weighted by atomic mass is 9.62. The topological polar surface area (TPSA) is 84.6 Å². The van der Waals surface area contributed by atoms with E-state index in [-0.39, 0.29) is 24.2 Å². The van der Waals surface area contributed by atoms with Crippen molar-refractivity contribution in [3.8, 4) is 5.69 Å². The Labute approximate surface area is 211 Å². The molecule has 1 aliphatic heterocycles. The first kappa shape index (κ1) is 23.9. The summed E-state index contributed by atoms with van der Waals surface area (Å²) in [5.41, 5.74) is 1.76. The van der Waals surface area contributed by atoms with Crippen LogP contribution in [0.3, 0.4) is 0 Å². The number of H-pyrrole nitrogens is 1. The number of nitrogens with zero attached hydrogens (tertiary/aromatic N) is 6. The molecule has 1 N–H and O–H groups in total. The van der Waals surface area contributed by atoms with E-state index in [1.54, 1.807) is 24.3 Å². The van der Waals surface area contributed by atoms with E-state index in [9.17, 15) is 18.0 Å². The minimum Gasteiger partial charge on any atom is -0.351 e. The number of alkyl halides is 3. The van der Waals surface area contributed by atoms with Crippen molar-refractivity contribution in [3.05, 3.63) is 70.4 Å². The van der Waals surface area contributed by atoms with Crippen LogP contribution in [-0.2, 0) is 12.0 Å². The summed E-state index contributed by atoms with van der Waals surface area (Å²) in [6.07, 6.45) is 3.74. The van der Waals surface area contributed by atoms with Gasteiger partial charge in [-0.15, -0.1) is 10.2 Å². The van der Waals surface area contributed by atoms with Gasteiger partial charge in [0.25, 0.3) is 5.56 Å². The van der Waals surface area contributed by atoms with Gasteiger partial charge in [0, 0.05) is 18.8 Å². The summed E-state index contributed by atoms with van der Waals surface area (Å²) >= 11 is 0. The van der Waals surface area contributed by atoms with Crippen molar-refractivity contribution in [1.29, 1.82) is 0 Å². The highest BCUT2D eigenvalue weighted by Gasteiger charge is 2.51. The molecule has 0 spiro atoms. The quantitative estimate of drug-likeness (QED) is 0.416. The van der Waals surface area contributed by atoms with Gasteiger partial charge in [-0.25, -0.2) is 9.37 Å². The Kier molecular flexibility index (Phi) is 5.89. The van der Waals surface area contributed by atoms with Gasteiger partial charge in [0.15, 0.2) is 0 Å². The molecule has 4 heterocycles. The first-order valence-electron chi connectivity index (χ1n) is 12.6. The second-order valence-corrected chi connectivity index (χ2v) is 10.4. The fourth-order valence-electron chi connectivity index (χ4n) is 5.92. The standard InChI is InChI=1S/C26H28F3N7O/c1-16-4-3-7-34(12-16)13-19-9-21-22(32-19)23(37)35(14-30-21)20-6-2-5-17(8-20)26(10-18(27)11-26)24-33-31-15-36(24)25(28)29/h2,5-6,8-9,14-16,18,25,32H,3-4,7,10-13H2,1H3/t16-,18?,26?/m0/s1. The Morgan fingerprint density at radius 3 is 2.81 bits per heavy atom. The molecular weight excluding hydrogens is 483 g/mol. The van der Waals surface area contributed by atoms with Crippen molar-refractivity contribution in [1.82, 2.24) is 34.2 Å². The highest BCUT2D eigenvalue weighted by Crippen LogP contribution is 2.50. The summed E-state index contributed by atoms with van der Waals surface area (Å²) in [7, 11) is 0. The van der Waals surface area contributed by atoms with Crippen LogP contribution >= 0.6 is 0 Å². The second-order valence-electron chi connectivity index (χ2n) is 10.4. The molecule has 37 heavy (non-hydrogen) atoms. The molecule has 11 heteroatoms. The van der Waals surface area contributed by atoms with Crippen LogP contribution in [0.25, 0.3) is 16.7 Å². The lowest BCUT2D eigenvalue weighted by Gasteiger charge is -2.43. The van der Waals surface area contributed by atoms with E-state index in [2.05, 4.69) is 32.0 Å². The van der Waals surface area contributed by atoms with Crippen LogP contribution in [0.4, 0.5) is 13.2 Å². The highest BCUT2D eigenvalue weighted by atomic mass is 19.3. The van der Waals surface area contributed by atoms with Crippen LogP contribution in [0.15, 0.2) is 47.8 Å². The molecule has 1 atom stereocenters. The number of hydrogen-bond donors (Lipinski definition) is 1.